The van der Waals surface area contributed by atoms with Crippen molar-refractivity contribution >= 4 is 22.8 Å². The van der Waals surface area contributed by atoms with Crippen molar-refractivity contribution in [2.45, 2.75) is 5.92 Å². The van der Waals surface area contributed by atoms with Crippen molar-refractivity contribution in [1.82, 2.24) is 0 Å². The predicted molar refractivity (Wildman–Crippen MR) is 87.8 cm³/mol. The largest absolute Gasteiger partial charge is 0.426 e. The molecule has 1 atom stereocenters. The Morgan fingerprint density at radius 2 is 1.64 bits per heavy atom. The molecule has 1 aliphatic carbocycles. The van der Waals surface area contributed by atoms with Gasteiger partial charge in [-0.15, -0.1) is 0 Å². The van der Waals surface area contributed by atoms with Gasteiger partial charge in [-0.05, 0) is 34.0 Å². The lowest BCUT2D eigenvalue weighted by Gasteiger charge is -2.20. The van der Waals surface area contributed by atoms with Gasteiger partial charge in [0.25, 0.3) is 0 Å². The van der Waals surface area contributed by atoms with E-state index in [1.54, 1.807) is 12.1 Å². The molecule has 2 heteroatoms. The first kappa shape index (κ1) is 12.8. The molecule has 0 spiro atoms. The maximum absolute atomic E-state index is 12.5. The van der Waals surface area contributed by atoms with E-state index in [9.17, 15) is 4.79 Å². The average Bonchev–Trinajstić information content (AvgIpc) is 2.56. The zero-order chi connectivity index (χ0) is 14.9. The third kappa shape index (κ3) is 2.09. The van der Waals surface area contributed by atoms with Crippen molar-refractivity contribution in [3.8, 4) is 5.75 Å². The van der Waals surface area contributed by atoms with Crippen LogP contribution in [-0.2, 0) is 4.79 Å². The Kier molecular flexibility index (Phi) is 3.01. The normalized spacial score (nSPS) is 15.7. The molecule has 0 bridgehead atoms. The monoisotopic (exact) mass is 286 g/mol. The van der Waals surface area contributed by atoms with Crippen LogP contribution in [-0.4, -0.2) is 5.97 Å². The van der Waals surface area contributed by atoms with Crippen LogP contribution in [0.15, 0.2) is 72.8 Å². The van der Waals surface area contributed by atoms with Gasteiger partial charge in [-0.3, -0.25) is 4.79 Å². The lowest BCUT2D eigenvalue weighted by molar-refractivity contribution is -0.134. The summed E-state index contributed by atoms with van der Waals surface area (Å²) in [5.41, 5.74) is 2.16. The lowest BCUT2D eigenvalue weighted by atomic mass is 9.86. The van der Waals surface area contributed by atoms with Gasteiger partial charge in [-0.2, -0.15) is 0 Å². The molecule has 22 heavy (non-hydrogen) atoms. The van der Waals surface area contributed by atoms with Crippen molar-refractivity contribution in [3.63, 3.8) is 0 Å². The van der Waals surface area contributed by atoms with Crippen LogP contribution in [0.3, 0.4) is 0 Å². The molecule has 4 rings (SSSR count). The van der Waals surface area contributed by atoms with E-state index in [1.807, 2.05) is 48.6 Å². The summed E-state index contributed by atoms with van der Waals surface area (Å²) >= 11 is 0. The minimum Gasteiger partial charge on any atom is -0.426 e. The van der Waals surface area contributed by atoms with E-state index in [0.717, 1.165) is 21.9 Å². The van der Waals surface area contributed by atoms with E-state index in [4.69, 9.17) is 4.74 Å². The fourth-order valence-electron chi connectivity index (χ4n) is 2.98. The van der Waals surface area contributed by atoms with E-state index in [-0.39, 0.29) is 11.9 Å². The molecule has 0 aliphatic heterocycles. The Morgan fingerprint density at radius 1 is 0.864 bits per heavy atom. The van der Waals surface area contributed by atoms with Crippen LogP contribution < -0.4 is 4.74 Å². The van der Waals surface area contributed by atoms with E-state index >= 15 is 0 Å². The number of carbonyl (C=O) groups is 1. The molecule has 0 aromatic heterocycles. The van der Waals surface area contributed by atoms with Crippen molar-refractivity contribution < 1.29 is 9.53 Å². The zero-order valence-electron chi connectivity index (χ0n) is 11.9. The highest BCUT2D eigenvalue weighted by Gasteiger charge is 2.25. The molecule has 0 fully saturated rings. The molecule has 3 aromatic rings. The molecule has 0 saturated carbocycles. The summed E-state index contributed by atoms with van der Waals surface area (Å²) in [5, 5.41) is 2.29. The van der Waals surface area contributed by atoms with Crippen LogP contribution in [0.4, 0.5) is 0 Å². The number of hydrogen-bond donors (Lipinski definition) is 0. The maximum atomic E-state index is 12.5. The van der Waals surface area contributed by atoms with Gasteiger partial charge >= 0.3 is 5.97 Å². The molecule has 0 N–H and O–H groups in total. The SMILES string of the molecule is O=C(Oc1ccccc1)C1C=Cc2cccc3cccc1c23. The van der Waals surface area contributed by atoms with Crippen molar-refractivity contribution in [3.05, 3.63) is 83.9 Å². The fraction of sp³-hybridized carbons (Fsp3) is 0.0500. The van der Waals surface area contributed by atoms with Crippen molar-refractivity contribution in [2.75, 3.05) is 0 Å². The smallest absolute Gasteiger partial charge is 0.322 e. The first-order valence-corrected chi connectivity index (χ1v) is 7.29. The zero-order valence-corrected chi connectivity index (χ0v) is 11.9. The van der Waals surface area contributed by atoms with Crippen molar-refractivity contribution in [1.29, 1.82) is 0 Å². The molecule has 106 valence electrons. The van der Waals surface area contributed by atoms with Gasteiger partial charge in [0.05, 0.1) is 0 Å². The summed E-state index contributed by atoms with van der Waals surface area (Å²) in [6.45, 7) is 0. The summed E-state index contributed by atoms with van der Waals surface area (Å²) < 4.78 is 5.51. The highest BCUT2D eigenvalue weighted by atomic mass is 16.5. The molecule has 1 aliphatic rings. The summed E-state index contributed by atoms with van der Waals surface area (Å²) in [5.74, 6) is -0.0322. The van der Waals surface area contributed by atoms with Gasteiger partial charge in [0.2, 0.25) is 0 Å². The number of esters is 1. The first-order chi connectivity index (χ1) is 10.8. The molecule has 2 nitrogen and oxygen atoms in total. The summed E-state index contributed by atoms with van der Waals surface area (Å²) in [4.78, 5) is 12.5. The van der Waals surface area contributed by atoms with Crippen LogP contribution >= 0.6 is 0 Å². The second kappa shape index (κ2) is 5.15. The third-order valence-corrected chi connectivity index (χ3v) is 3.99. The molecule has 0 amide bonds. The Labute approximate surface area is 128 Å². The molecule has 3 aromatic carbocycles. The molecule has 0 heterocycles. The predicted octanol–water partition coefficient (Wildman–Crippen LogP) is 4.56. The van der Waals surface area contributed by atoms with E-state index in [2.05, 4.69) is 18.2 Å². The third-order valence-electron chi connectivity index (χ3n) is 3.99. The summed E-state index contributed by atoms with van der Waals surface area (Å²) in [6, 6.07) is 21.4. The minimum absolute atomic E-state index is 0.246. The van der Waals surface area contributed by atoms with Gasteiger partial charge < -0.3 is 4.74 Å². The minimum atomic E-state index is -0.362. The standard InChI is InChI=1S/C20H14O2/c21-20(22-16-9-2-1-3-10-16)18-13-12-15-7-4-6-14-8-5-11-17(18)19(14)15/h1-13,18H. The lowest BCUT2D eigenvalue weighted by Crippen LogP contribution is -2.18. The van der Waals surface area contributed by atoms with Crippen molar-refractivity contribution in [2.24, 2.45) is 0 Å². The molecule has 1 unspecified atom stereocenters. The Balaban J connectivity index is 1.74. The second-order valence-electron chi connectivity index (χ2n) is 5.36. The number of carbonyl (C=O) groups excluding carboxylic acids is 1. The highest BCUT2D eigenvalue weighted by Crippen LogP contribution is 2.35. The first-order valence-electron chi connectivity index (χ1n) is 7.29. The van der Waals surface area contributed by atoms with Crippen LogP contribution in [0.5, 0.6) is 5.75 Å². The average molecular weight is 286 g/mol. The number of hydrogen-bond acceptors (Lipinski definition) is 2. The molecule has 0 saturated heterocycles. The van der Waals surface area contributed by atoms with Crippen LogP contribution in [0.2, 0.25) is 0 Å². The highest BCUT2D eigenvalue weighted by molar-refractivity contribution is 6.00. The van der Waals surface area contributed by atoms with E-state index in [1.165, 1.54) is 0 Å². The summed E-state index contributed by atoms with van der Waals surface area (Å²) in [6.07, 6.45) is 3.93. The van der Waals surface area contributed by atoms with Crippen LogP contribution in [0.25, 0.3) is 16.8 Å². The van der Waals surface area contributed by atoms with Gasteiger partial charge in [-0.25, -0.2) is 0 Å². The van der Waals surface area contributed by atoms with E-state index in [0.29, 0.717) is 5.75 Å². The Morgan fingerprint density at radius 3 is 2.45 bits per heavy atom. The molecular weight excluding hydrogens is 272 g/mol. The molecular formula is C20H14O2. The fourth-order valence-corrected chi connectivity index (χ4v) is 2.98. The summed E-state index contributed by atoms with van der Waals surface area (Å²) in [7, 11) is 0. The van der Waals surface area contributed by atoms with Gasteiger partial charge in [-0.1, -0.05) is 66.7 Å². The Bertz CT molecular complexity index is 873. The van der Waals surface area contributed by atoms with Gasteiger partial charge in [0, 0.05) is 0 Å². The maximum Gasteiger partial charge on any atom is 0.322 e. The number of rotatable bonds is 2. The second-order valence-corrected chi connectivity index (χ2v) is 5.36. The van der Waals surface area contributed by atoms with Crippen LogP contribution in [0, 0.1) is 0 Å². The Hall–Kier alpha value is -2.87. The van der Waals surface area contributed by atoms with Gasteiger partial charge in [0.1, 0.15) is 11.7 Å². The molecule has 0 radical (unpaired) electrons. The quantitative estimate of drug-likeness (QED) is 0.510. The number of para-hydroxylation sites is 1. The number of ether oxygens (including phenoxy) is 1. The van der Waals surface area contributed by atoms with E-state index < -0.39 is 0 Å². The van der Waals surface area contributed by atoms with Gasteiger partial charge in [0.15, 0.2) is 0 Å². The van der Waals surface area contributed by atoms with Crippen LogP contribution in [0.1, 0.15) is 17.0 Å². The number of benzene rings is 3. The topological polar surface area (TPSA) is 26.3 Å².